The molecule has 2 N–H and O–H groups in total. The molecule has 0 aromatic heterocycles. The van der Waals surface area contributed by atoms with Crippen LogP contribution in [0.4, 0.5) is 11.4 Å². The van der Waals surface area contributed by atoms with E-state index in [0.717, 1.165) is 5.56 Å². The molecule has 2 amide bonds. The Balaban J connectivity index is 1.99. The van der Waals surface area contributed by atoms with Crippen LogP contribution in [-0.4, -0.2) is 25.5 Å². The minimum absolute atomic E-state index is 0.147. The first kappa shape index (κ1) is 19.8. The van der Waals surface area contributed by atoms with Gasteiger partial charge in [-0.05, 0) is 48.0 Å². The number of hydrogen-bond donors (Lipinski definition) is 2. The van der Waals surface area contributed by atoms with Crippen LogP contribution in [0.1, 0.15) is 12.5 Å². The van der Waals surface area contributed by atoms with E-state index in [2.05, 4.69) is 17.2 Å². The largest absolute Gasteiger partial charge is 0.493 e. The maximum atomic E-state index is 12.1. The molecule has 2 aromatic rings. The SMILES string of the molecule is C=CCOc1ccc(/C=C/C(=O)Nc2ccc(NC(C)=O)cc2)cc1OC. The van der Waals surface area contributed by atoms with Gasteiger partial charge in [0.05, 0.1) is 7.11 Å². The third-order valence-corrected chi connectivity index (χ3v) is 3.44. The van der Waals surface area contributed by atoms with E-state index >= 15 is 0 Å². The molecule has 0 radical (unpaired) electrons. The Kier molecular flexibility index (Phi) is 7.19. The number of rotatable bonds is 8. The Morgan fingerprint density at radius 3 is 2.30 bits per heavy atom. The molecule has 27 heavy (non-hydrogen) atoms. The van der Waals surface area contributed by atoms with Crippen LogP contribution in [0.15, 0.2) is 61.2 Å². The predicted molar refractivity (Wildman–Crippen MR) is 107 cm³/mol. The quantitative estimate of drug-likeness (QED) is 0.549. The van der Waals surface area contributed by atoms with E-state index in [4.69, 9.17) is 9.47 Å². The fourth-order valence-electron chi connectivity index (χ4n) is 2.25. The number of amides is 2. The number of methoxy groups -OCH3 is 1. The molecule has 0 aliphatic carbocycles. The van der Waals surface area contributed by atoms with Crippen molar-refractivity contribution in [2.45, 2.75) is 6.92 Å². The maximum Gasteiger partial charge on any atom is 0.248 e. The number of nitrogens with one attached hydrogen (secondary N) is 2. The van der Waals surface area contributed by atoms with Gasteiger partial charge in [0, 0.05) is 24.4 Å². The molecule has 140 valence electrons. The van der Waals surface area contributed by atoms with E-state index in [-0.39, 0.29) is 11.8 Å². The lowest BCUT2D eigenvalue weighted by Crippen LogP contribution is -2.08. The zero-order valence-electron chi connectivity index (χ0n) is 15.3. The van der Waals surface area contributed by atoms with Crippen molar-refractivity contribution in [1.82, 2.24) is 0 Å². The topological polar surface area (TPSA) is 76.7 Å². The number of benzene rings is 2. The summed E-state index contributed by atoms with van der Waals surface area (Å²) in [5.41, 5.74) is 2.10. The van der Waals surface area contributed by atoms with E-state index in [1.165, 1.54) is 13.0 Å². The van der Waals surface area contributed by atoms with Crippen molar-refractivity contribution < 1.29 is 19.1 Å². The average Bonchev–Trinajstić information content (AvgIpc) is 2.66. The van der Waals surface area contributed by atoms with Crippen LogP contribution < -0.4 is 20.1 Å². The molecule has 2 rings (SSSR count). The number of ether oxygens (including phenoxy) is 2. The summed E-state index contributed by atoms with van der Waals surface area (Å²) >= 11 is 0. The molecule has 0 heterocycles. The van der Waals surface area contributed by atoms with Crippen molar-refractivity contribution in [3.63, 3.8) is 0 Å². The molecule has 0 saturated heterocycles. The van der Waals surface area contributed by atoms with Crippen molar-refractivity contribution >= 4 is 29.3 Å². The van der Waals surface area contributed by atoms with Gasteiger partial charge >= 0.3 is 0 Å². The highest BCUT2D eigenvalue weighted by molar-refractivity contribution is 6.02. The maximum absolute atomic E-state index is 12.1. The van der Waals surface area contributed by atoms with Crippen molar-refractivity contribution in [2.75, 3.05) is 24.4 Å². The lowest BCUT2D eigenvalue weighted by atomic mass is 10.2. The highest BCUT2D eigenvalue weighted by atomic mass is 16.5. The van der Waals surface area contributed by atoms with Crippen LogP contribution in [-0.2, 0) is 9.59 Å². The molecule has 0 fully saturated rings. The summed E-state index contributed by atoms with van der Waals surface area (Å²) in [6.45, 7) is 5.43. The summed E-state index contributed by atoms with van der Waals surface area (Å²) in [4.78, 5) is 23.1. The first-order chi connectivity index (χ1) is 13.0. The van der Waals surface area contributed by atoms with E-state index in [0.29, 0.717) is 29.5 Å². The lowest BCUT2D eigenvalue weighted by molar-refractivity contribution is -0.114. The van der Waals surface area contributed by atoms with Crippen molar-refractivity contribution in [3.8, 4) is 11.5 Å². The minimum atomic E-state index is -0.270. The Hall–Kier alpha value is -3.54. The zero-order valence-corrected chi connectivity index (χ0v) is 15.3. The second-order valence-corrected chi connectivity index (χ2v) is 5.59. The van der Waals surface area contributed by atoms with Crippen LogP contribution in [0.5, 0.6) is 11.5 Å². The van der Waals surface area contributed by atoms with Crippen molar-refractivity contribution in [3.05, 3.63) is 66.8 Å². The Bertz CT molecular complexity index is 842. The lowest BCUT2D eigenvalue weighted by Gasteiger charge is -2.09. The van der Waals surface area contributed by atoms with Crippen molar-refractivity contribution in [1.29, 1.82) is 0 Å². The summed E-state index contributed by atoms with van der Waals surface area (Å²) in [7, 11) is 1.56. The highest BCUT2D eigenvalue weighted by Gasteiger charge is 2.05. The standard InChI is InChI=1S/C21H22N2O4/c1-4-13-27-19-11-5-16(14-20(19)26-3)6-12-21(25)23-18-9-7-17(8-10-18)22-15(2)24/h4-12,14H,1,13H2,2-3H3,(H,22,24)(H,23,25)/b12-6+. The second-order valence-electron chi connectivity index (χ2n) is 5.59. The third kappa shape index (κ3) is 6.36. The van der Waals surface area contributed by atoms with Gasteiger partial charge in [-0.25, -0.2) is 0 Å². The average molecular weight is 366 g/mol. The van der Waals surface area contributed by atoms with E-state index in [1.807, 2.05) is 6.07 Å². The molecule has 0 atom stereocenters. The van der Waals surface area contributed by atoms with Gasteiger partial charge in [0.15, 0.2) is 11.5 Å². The Morgan fingerprint density at radius 1 is 1.04 bits per heavy atom. The van der Waals surface area contributed by atoms with Gasteiger partial charge in [0.1, 0.15) is 6.61 Å². The molecular weight excluding hydrogens is 344 g/mol. The number of carbonyl (C=O) groups excluding carboxylic acids is 2. The third-order valence-electron chi connectivity index (χ3n) is 3.44. The van der Waals surface area contributed by atoms with Gasteiger partial charge in [-0.3, -0.25) is 9.59 Å². The number of carbonyl (C=O) groups is 2. The summed E-state index contributed by atoms with van der Waals surface area (Å²) in [6, 6.07) is 12.2. The molecule has 6 heteroatoms. The zero-order chi connectivity index (χ0) is 19.6. The molecule has 6 nitrogen and oxygen atoms in total. The van der Waals surface area contributed by atoms with Gasteiger partial charge in [0.2, 0.25) is 11.8 Å². The fourth-order valence-corrected chi connectivity index (χ4v) is 2.25. The first-order valence-electron chi connectivity index (χ1n) is 8.30. The van der Waals surface area contributed by atoms with Gasteiger partial charge < -0.3 is 20.1 Å². The normalized spacial score (nSPS) is 10.3. The predicted octanol–water partition coefficient (Wildman–Crippen LogP) is 3.87. The van der Waals surface area contributed by atoms with Crippen LogP contribution in [0.2, 0.25) is 0 Å². The van der Waals surface area contributed by atoms with Crippen LogP contribution in [0.25, 0.3) is 6.08 Å². The van der Waals surface area contributed by atoms with Gasteiger partial charge in [-0.1, -0.05) is 18.7 Å². The van der Waals surface area contributed by atoms with Gasteiger partial charge in [-0.15, -0.1) is 0 Å². The first-order valence-corrected chi connectivity index (χ1v) is 8.30. The fraction of sp³-hybridized carbons (Fsp3) is 0.143. The highest BCUT2D eigenvalue weighted by Crippen LogP contribution is 2.28. The monoisotopic (exact) mass is 366 g/mol. The van der Waals surface area contributed by atoms with Crippen molar-refractivity contribution in [2.24, 2.45) is 0 Å². The molecule has 0 aliphatic heterocycles. The van der Waals surface area contributed by atoms with Gasteiger partial charge in [0.25, 0.3) is 0 Å². The molecule has 0 spiro atoms. The molecule has 0 bridgehead atoms. The summed E-state index contributed by atoms with van der Waals surface area (Å²) in [6.07, 6.45) is 4.77. The van der Waals surface area contributed by atoms with Crippen LogP contribution in [0, 0.1) is 0 Å². The second kappa shape index (κ2) is 9.82. The van der Waals surface area contributed by atoms with E-state index < -0.39 is 0 Å². The molecular formula is C21H22N2O4. The molecule has 0 unspecified atom stereocenters. The number of anilines is 2. The Morgan fingerprint density at radius 2 is 1.70 bits per heavy atom. The van der Waals surface area contributed by atoms with E-state index in [1.54, 1.807) is 55.7 Å². The molecule has 0 saturated carbocycles. The number of hydrogen-bond acceptors (Lipinski definition) is 4. The smallest absolute Gasteiger partial charge is 0.248 e. The minimum Gasteiger partial charge on any atom is -0.493 e. The summed E-state index contributed by atoms with van der Waals surface area (Å²) in [5, 5.41) is 5.42. The molecule has 2 aromatic carbocycles. The van der Waals surface area contributed by atoms with Crippen LogP contribution >= 0.6 is 0 Å². The molecule has 0 aliphatic rings. The summed E-state index contributed by atoms with van der Waals surface area (Å²) < 4.78 is 10.8. The summed E-state index contributed by atoms with van der Waals surface area (Å²) in [5.74, 6) is 0.769. The van der Waals surface area contributed by atoms with E-state index in [9.17, 15) is 9.59 Å². The Labute approximate surface area is 158 Å². The van der Waals surface area contributed by atoms with Crippen LogP contribution in [0.3, 0.4) is 0 Å². The van der Waals surface area contributed by atoms with Gasteiger partial charge in [-0.2, -0.15) is 0 Å².